The minimum absolute atomic E-state index is 0.127. The molecule has 2 rings (SSSR count). The van der Waals surface area contributed by atoms with Crippen LogP contribution in [0.25, 0.3) is 0 Å². The van der Waals surface area contributed by atoms with Crippen LogP contribution in [0.1, 0.15) is 18.2 Å². The molecule has 0 aliphatic rings. The SMILES string of the molecule is CC(Cl)c1nnc(Nc2ccc(F)c(F)c2F)o1. The van der Waals surface area contributed by atoms with Crippen molar-refractivity contribution in [3.05, 3.63) is 35.5 Å². The molecule has 4 nitrogen and oxygen atoms in total. The molecule has 0 radical (unpaired) electrons. The summed E-state index contributed by atoms with van der Waals surface area (Å²) in [6.45, 7) is 1.61. The molecule has 1 heterocycles. The summed E-state index contributed by atoms with van der Waals surface area (Å²) < 4.78 is 44.0. The van der Waals surface area contributed by atoms with Crippen LogP contribution < -0.4 is 5.32 Å². The van der Waals surface area contributed by atoms with E-state index in [1.54, 1.807) is 6.92 Å². The van der Waals surface area contributed by atoms with Gasteiger partial charge in [-0.1, -0.05) is 5.10 Å². The molecular weight excluding hydrogens is 271 g/mol. The van der Waals surface area contributed by atoms with Crippen molar-refractivity contribution in [3.63, 3.8) is 0 Å². The fourth-order valence-electron chi connectivity index (χ4n) is 1.18. The summed E-state index contributed by atoms with van der Waals surface area (Å²) in [6.07, 6.45) is 0. The topological polar surface area (TPSA) is 51.0 Å². The van der Waals surface area contributed by atoms with E-state index in [1.807, 2.05) is 0 Å². The minimum atomic E-state index is -1.58. The van der Waals surface area contributed by atoms with Gasteiger partial charge in [0.15, 0.2) is 17.5 Å². The molecule has 8 heteroatoms. The van der Waals surface area contributed by atoms with Crippen LogP contribution in [-0.4, -0.2) is 10.2 Å². The highest BCUT2D eigenvalue weighted by Gasteiger charge is 2.16. The number of halogens is 4. The molecule has 0 aliphatic carbocycles. The van der Waals surface area contributed by atoms with Crippen LogP contribution >= 0.6 is 11.6 Å². The van der Waals surface area contributed by atoms with Crippen LogP contribution in [0.2, 0.25) is 0 Å². The third kappa shape index (κ3) is 2.40. The number of benzene rings is 1. The second-order valence-corrected chi connectivity index (χ2v) is 4.06. The van der Waals surface area contributed by atoms with Crippen LogP contribution in [0.15, 0.2) is 16.5 Å². The van der Waals surface area contributed by atoms with Crippen LogP contribution in [0.3, 0.4) is 0 Å². The van der Waals surface area contributed by atoms with Crippen molar-refractivity contribution < 1.29 is 17.6 Å². The van der Waals surface area contributed by atoms with E-state index < -0.39 is 22.8 Å². The standard InChI is InChI=1S/C10H7ClF3N3O/c1-4(11)9-16-17-10(18-9)15-6-3-2-5(12)7(13)8(6)14/h2-4H,1H3,(H,15,17). The van der Waals surface area contributed by atoms with Gasteiger partial charge in [-0.05, 0) is 19.1 Å². The summed E-state index contributed by atoms with van der Waals surface area (Å²) in [6, 6.07) is 1.63. The van der Waals surface area contributed by atoms with E-state index in [9.17, 15) is 13.2 Å². The molecule has 96 valence electrons. The van der Waals surface area contributed by atoms with Gasteiger partial charge in [0.2, 0.25) is 5.89 Å². The molecule has 0 spiro atoms. The van der Waals surface area contributed by atoms with Gasteiger partial charge in [0.05, 0.1) is 5.69 Å². The van der Waals surface area contributed by atoms with Crippen LogP contribution in [0.4, 0.5) is 24.9 Å². The zero-order chi connectivity index (χ0) is 13.3. The number of alkyl halides is 1. The maximum atomic E-state index is 13.3. The van der Waals surface area contributed by atoms with E-state index in [2.05, 4.69) is 15.5 Å². The van der Waals surface area contributed by atoms with Crippen molar-refractivity contribution in [1.82, 2.24) is 10.2 Å². The van der Waals surface area contributed by atoms with E-state index >= 15 is 0 Å². The Morgan fingerprint density at radius 1 is 1.22 bits per heavy atom. The van der Waals surface area contributed by atoms with Gasteiger partial charge in [-0.15, -0.1) is 16.7 Å². The first-order valence-electron chi connectivity index (χ1n) is 4.87. The summed E-state index contributed by atoms with van der Waals surface area (Å²) in [4.78, 5) is 0. The first kappa shape index (κ1) is 12.7. The van der Waals surface area contributed by atoms with Gasteiger partial charge >= 0.3 is 6.01 Å². The fraction of sp³-hybridized carbons (Fsp3) is 0.200. The number of anilines is 2. The maximum Gasteiger partial charge on any atom is 0.320 e. The summed E-state index contributed by atoms with van der Waals surface area (Å²) in [7, 11) is 0. The van der Waals surface area contributed by atoms with Crippen LogP contribution in [0, 0.1) is 17.5 Å². The van der Waals surface area contributed by atoms with Crippen molar-refractivity contribution in [2.75, 3.05) is 5.32 Å². The summed E-state index contributed by atoms with van der Waals surface area (Å²) in [5, 5.41) is 8.93. The molecule has 1 aromatic carbocycles. The average molecular weight is 278 g/mol. The van der Waals surface area contributed by atoms with E-state index in [-0.39, 0.29) is 17.6 Å². The molecule has 2 aromatic rings. The molecule has 1 atom stereocenters. The van der Waals surface area contributed by atoms with Crippen molar-refractivity contribution in [1.29, 1.82) is 0 Å². The fourth-order valence-corrected chi connectivity index (χ4v) is 1.27. The van der Waals surface area contributed by atoms with Gasteiger partial charge in [0.25, 0.3) is 0 Å². The lowest BCUT2D eigenvalue weighted by Crippen LogP contribution is -1.98. The second kappa shape index (κ2) is 4.85. The predicted octanol–water partition coefficient (Wildman–Crippen LogP) is 3.53. The average Bonchev–Trinajstić information content (AvgIpc) is 2.79. The molecule has 0 fully saturated rings. The van der Waals surface area contributed by atoms with Crippen LogP contribution in [0.5, 0.6) is 0 Å². The van der Waals surface area contributed by atoms with Gasteiger partial charge in [-0.2, -0.15) is 0 Å². The Labute approximate surface area is 105 Å². The molecule has 0 saturated carbocycles. The Morgan fingerprint density at radius 3 is 2.56 bits per heavy atom. The van der Waals surface area contributed by atoms with Crippen molar-refractivity contribution in [2.24, 2.45) is 0 Å². The number of nitrogens with zero attached hydrogens (tertiary/aromatic N) is 2. The molecule has 0 aliphatic heterocycles. The zero-order valence-electron chi connectivity index (χ0n) is 9.05. The highest BCUT2D eigenvalue weighted by molar-refractivity contribution is 6.20. The van der Waals surface area contributed by atoms with Crippen molar-refractivity contribution >= 4 is 23.3 Å². The van der Waals surface area contributed by atoms with Gasteiger partial charge in [0, 0.05) is 0 Å². The van der Waals surface area contributed by atoms with Crippen molar-refractivity contribution in [2.45, 2.75) is 12.3 Å². The maximum absolute atomic E-state index is 13.3. The normalized spacial score (nSPS) is 12.5. The molecule has 1 N–H and O–H groups in total. The van der Waals surface area contributed by atoms with E-state index in [0.29, 0.717) is 0 Å². The van der Waals surface area contributed by atoms with E-state index in [0.717, 1.165) is 12.1 Å². The molecule has 18 heavy (non-hydrogen) atoms. The summed E-state index contributed by atoms with van der Waals surface area (Å²) in [5.74, 6) is -4.10. The third-order valence-electron chi connectivity index (χ3n) is 2.06. The highest BCUT2D eigenvalue weighted by Crippen LogP contribution is 2.25. The molecule has 1 aromatic heterocycles. The molecule has 1 unspecified atom stereocenters. The number of hydrogen-bond donors (Lipinski definition) is 1. The minimum Gasteiger partial charge on any atom is -0.406 e. The largest absolute Gasteiger partial charge is 0.406 e. The van der Waals surface area contributed by atoms with Crippen LogP contribution in [-0.2, 0) is 0 Å². The lowest BCUT2D eigenvalue weighted by atomic mass is 10.3. The lowest BCUT2D eigenvalue weighted by molar-refractivity contribution is 0.448. The molecule has 0 saturated heterocycles. The zero-order valence-corrected chi connectivity index (χ0v) is 9.80. The first-order chi connectivity index (χ1) is 8.49. The lowest BCUT2D eigenvalue weighted by Gasteiger charge is -2.03. The Kier molecular flexibility index (Phi) is 3.42. The summed E-state index contributed by atoms with van der Waals surface area (Å²) in [5.41, 5.74) is -0.314. The molecule has 0 bridgehead atoms. The third-order valence-corrected chi connectivity index (χ3v) is 2.24. The predicted molar refractivity (Wildman–Crippen MR) is 58.2 cm³/mol. The Bertz CT molecular complexity index is 573. The monoisotopic (exact) mass is 277 g/mol. The Balaban J connectivity index is 2.26. The quantitative estimate of drug-likeness (QED) is 0.689. The Morgan fingerprint density at radius 2 is 1.94 bits per heavy atom. The van der Waals surface area contributed by atoms with E-state index in [1.165, 1.54) is 0 Å². The van der Waals surface area contributed by atoms with Gasteiger partial charge < -0.3 is 9.73 Å². The van der Waals surface area contributed by atoms with Crippen molar-refractivity contribution in [3.8, 4) is 0 Å². The van der Waals surface area contributed by atoms with Gasteiger partial charge in [-0.25, -0.2) is 13.2 Å². The van der Waals surface area contributed by atoms with E-state index in [4.69, 9.17) is 16.0 Å². The number of hydrogen-bond acceptors (Lipinski definition) is 4. The smallest absolute Gasteiger partial charge is 0.320 e. The first-order valence-corrected chi connectivity index (χ1v) is 5.30. The highest BCUT2D eigenvalue weighted by atomic mass is 35.5. The Hall–Kier alpha value is -1.76. The number of rotatable bonds is 3. The number of nitrogens with one attached hydrogen (secondary N) is 1. The molecular formula is C10H7ClF3N3O. The van der Waals surface area contributed by atoms with Gasteiger partial charge in [0.1, 0.15) is 5.38 Å². The molecule has 0 amide bonds. The second-order valence-electron chi connectivity index (χ2n) is 3.41. The number of aromatic nitrogens is 2. The van der Waals surface area contributed by atoms with Gasteiger partial charge in [-0.3, -0.25) is 0 Å². The summed E-state index contributed by atoms with van der Waals surface area (Å²) >= 11 is 5.69.